The Morgan fingerprint density at radius 3 is 2.32 bits per heavy atom. The lowest BCUT2D eigenvalue weighted by molar-refractivity contribution is -0.128. The Morgan fingerprint density at radius 2 is 1.84 bits per heavy atom. The van der Waals surface area contributed by atoms with Gasteiger partial charge in [-0.2, -0.15) is 0 Å². The van der Waals surface area contributed by atoms with Crippen LogP contribution in [0.1, 0.15) is 40.5 Å². The van der Waals surface area contributed by atoms with E-state index in [9.17, 15) is 14.4 Å². The molecule has 1 N–H and O–H groups in total. The minimum atomic E-state index is -0.595. The lowest BCUT2D eigenvalue weighted by Crippen LogP contribution is -2.47. The molecule has 0 saturated heterocycles. The lowest BCUT2D eigenvalue weighted by atomic mass is 10.1. The Morgan fingerprint density at radius 1 is 1.26 bits per heavy atom. The summed E-state index contributed by atoms with van der Waals surface area (Å²) in [6.07, 6.45) is 0.269. The summed E-state index contributed by atoms with van der Waals surface area (Å²) < 4.78 is 5.37. The van der Waals surface area contributed by atoms with E-state index in [-0.39, 0.29) is 37.1 Å². The van der Waals surface area contributed by atoms with Crippen LogP contribution in [0.4, 0.5) is 0 Å². The van der Waals surface area contributed by atoms with Gasteiger partial charge in [-0.1, -0.05) is 13.5 Å². The molecule has 5 heteroatoms. The van der Waals surface area contributed by atoms with Crippen molar-refractivity contribution in [2.75, 3.05) is 13.2 Å². The zero-order chi connectivity index (χ0) is 15.1. The zero-order valence-electron chi connectivity index (χ0n) is 12.2. The van der Waals surface area contributed by atoms with Crippen LogP contribution in [0.25, 0.3) is 0 Å². The molecule has 0 unspecified atom stereocenters. The fraction of sp³-hybridized carbons (Fsp3) is 0.643. The standard InChI is InChI=1S/C14H23NO4/c1-6-12(17)10(2)8-19-9-14(4,5)15-13(18)7-11(3)16/h2,6-9H2,1,3-5H3,(H,15,18). The molecule has 19 heavy (non-hydrogen) atoms. The zero-order valence-corrected chi connectivity index (χ0v) is 12.2. The van der Waals surface area contributed by atoms with Gasteiger partial charge in [0.1, 0.15) is 5.78 Å². The predicted octanol–water partition coefficient (Wildman–Crippen LogP) is 1.41. The molecule has 0 radical (unpaired) electrons. The van der Waals surface area contributed by atoms with E-state index in [0.717, 1.165) is 0 Å². The largest absolute Gasteiger partial charge is 0.374 e. The van der Waals surface area contributed by atoms with Crippen LogP contribution in [0.3, 0.4) is 0 Å². The Kier molecular flexibility index (Phi) is 7.22. The van der Waals surface area contributed by atoms with Crippen molar-refractivity contribution in [3.63, 3.8) is 0 Å². The number of Topliss-reactive ketones (excluding diaryl/α,β-unsaturated/α-hetero) is 2. The minimum Gasteiger partial charge on any atom is -0.374 e. The lowest BCUT2D eigenvalue weighted by Gasteiger charge is -2.26. The van der Waals surface area contributed by atoms with Crippen molar-refractivity contribution < 1.29 is 19.1 Å². The van der Waals surface area contributed by atoms with E-state index in [1.54, 1.807) is 20.8 Å². The second kappa shape index (κ2) is 7.84. The van der Waals surface area contributed by atoms with E-state index in [4.69, 9.17) is 4.74 Å². The summed E-state index contributed by atoms with van der Waals surface area (Å²) in [7, 11) is 0. The number of ether oxygens (including phenoxy) is 1. The summed E-state index contributed by atoms with van der Waals surface area (Å²) in [5, 5.41) is 2.71. The number of ketones is 2. The van der Waals surface area contributed by atoms with Gasteiger partial charge in [-0.05, 0) is 20.8 Å². The van der Waals surface area contributed by atoms with Crippen molar-refractivity contribution in [2.24, 2.45) is 0 Å². The number of nitrogens with one attached hydrogen (secondary N) is 1. The van der Waals surface area contributed by atoms with Crippen molar-refractivity contribution in [3.8, 4) is 0 Å². The van der Waals surface area contributed by atoms with Gasteiger partial charge in [0.25, 0.3) is 0 Å². The maximum Gasteiger partial charge on any atom is 0.227 e. The van der Waals surface area contributed by atoms with Gasteiger partial charge in [-0.15, -0.1) is 0 Å². The van der Waals surface area contributed by atoms with E-state index in [2.05, 4.69) is 11.9 Å². The average Bonchev–Trinajstić information content (AvgIpc) is 2.25. The van der Waals surface area contributed by atoms with Gasteiger partial charge in [0.05, 0.1) is 25.2 Å². The van der Waals surface area contributed by atoms with Crippen molar-refractivity contribution >= 4 is 17.5 Å². The first-order valence-electron chi connectivity index (χ1n) is 6.27. The molecule has 0 aliphatic heterocycles. The van der Waals surface area contributed by atoms with Gasteiger partial charge in [0.15, 0.2) is 5.78 Å². The van der Waals surface area contributed by atoms with E-state index in [1.165, 1.54) is 6.92 Å². The molecule has 108 valence electrons. The maximum absolute atomic E-state index is 11.5. The molecule has 0 atom stereocenters. The van der Waals surface area contributed by atoms with Crippen LogP contribution < -0.4 is 5.32 Å². The molecular formula is C14H23NO4. The first kappa shape index (κ1) is 17.5. The van der Waals surface area contributed by atoms with Gasteiger partial charge >= 0.3 is 0 Å². The van der Waals surface area contributed by atoms with Crippen LogP contribution in [0.2, 0.25) is 0 Å². The van der Waals surface area contributed by atoms with Gasteiger partial charge in [0, 0.05) is 12.0 Å². The van der Waals surface area contributed by atoms with Crippen molar-refractivity contribution in [1.82, 2.24) is 5.32 Å². The molecule has 0 saturated carbocycles. The highest BCUT2D eigenvalue weighted by atomic mass is 16.5. The van der Waals surface area contributed by atoms with Gasteiger partial charge < -0.3 is 10.1 Å². The van der Waals surface area contributed by atoms with Crippen molar-refractivity contribution in [3.05, 3.63) is 12.2 Å². The van der Waals surface area contributed by atoms with Crippen LogP contribution >= 0.6 is 0 Å². The summed E-state index contributed by atoms with van der Waals surface area (Å²) >= 11 is 0. The Labute approximate surface area is 114 Å². The minimum absolute atomic E-state index is 0.0292. The van der Waals surface area contributed by atoms with Gasteiger partial charge in [-0.25, -0.2) is 0 Å². The third-order valence-electron chi connectivity index (χ3n) is 2.34. The molecule has 0 aromatic heterocycles. The quantitative estimate of drug-likeness (QED) is 0.507. The monoisotopic (exact) mass is 269 g/mol. The van der Waals surface area contributed by atoms with E-state index in [1.807, 2.05) is 0 Å². The molecule has 1 amide bonds. The average molecular weight is 269 g/mol. The third kappa shape index (κ3) is 8.26. The van der Waals surface area contributed by atoms with Gasteiger partial charge in [-0.3, -0.25) is 14.4 Å². The van der Waals surface area contributed by atoms with Gasteiger partial charge in [0.2, 0.25) is 5.91 Å². The fourth-order valence-corrected chi connectivity index (χ4v) is 1.44. The predicted molar refractivity (Wildman–Crippen MR) is 72.8 cm³/mol. The molecule has 0 heterocycles. The number of hydrogen-bond donors (Lipinski definition) is 1. The highest BCUT2D eigenvalue weighted by molar-refractivity contribution is 5.97. The van der Waals surface area contributed by atoms with Crippen LogP contribution in [0.15, 0.2) is 12.2 Å². The van der Waals surface area contributed by atoms with Crippen molar-refractivity contribution in [1.29, 1.82) is 0 Å². The summed E-state index contributed by atoms with van der Waals surface area (Å²) in [6, 6.07) is 0. The summed E-state index contributed by atoms with van der Waals surface area (Å²) in [6.45, 7) is 10.7. The number of carbonyl (C=O) groups is 3. The van der Waals surface area contributed by atoms with Crippen molar-refractivity contribution in [2.45, 2.75) is 46.1 Å². The molecule has 0 aromatic carbocycles. The Balaban J connectivity index is 4.10. The summed E-state index contributed by atoms with van der Waals surface area (Å²) in [5.74, 6) is -0.542. The van der Waals surface area contributed by atoms with E-state index >= 15 is 0 Å². The molecule has 0 aromatic rings. The molecule has 5 nitrogen and oxygen atoms in total. The van der Waals surface area contributed by atoms with E-state index < -0.39 is 5.54 Å². The third-order valence-corrected chi connectivity index (χ3v) is 2.34. The van der Waals surface area contributed by atoms with Crippen LogP contribution in [0.5, 0.6) is 0 Å². The maximum atomic E-state index is 11.5. The SMILES string of the molecule is C=C(COCC(C)(C)NC(=O)CC(C)=O)C(=O)CC. The topological polar surface area (TPSA) is 72.5 Å². The summed E-state index contributed by atoms with van der Waals surface area (Å²) in [5.41, 5.74) is -0.171. The molecule has 0 aliphatic rings. The second-order valence-electron chi connectivity index (χ2n) is 5.18. The smallest absolute Gasteiger partial charge is 0.227 e. The molecule has 0 spiro atoms. The Bertz CT molecular complexity index is 372. The molecule has 0 aliphatic carbocycles. The number of rotatable bonds is 9. The highest BCUT2D eigenvalue weighted by Gasteiger charge is 2.21. The molecule has 0 bridgehead atoms. The first-order chi connectivity index (χ1) is 8.68. The van der Waals surface area contributed by atoms with Crippen LogP contribution in [-0.2, 0) is 19.1 Å². The first-order valence-corrected chi connectivity index (χ1v) is 6.27. The van der Waals surface area contributed by atoms with Crippen LogP contribution in [0, 0.1) is 0 Å². The second-order valence-corrected chi connectivity index (χ2v) is 5.18. The molecule has 0 rings (SSSR count). The normalized spacial score (nSPS) is 10.9. The number of amides is 1. The number of hydrogen-bond acceptors (Lipinski definition) is 4. The van der Waals surface area contributed by atoms with Crippen LogP contribution in [-0.4, -0.2) is 36.2 Å². The molecule has 0 fully saturated rings. The molecular weight excluding hydrogens is 246 g/mol. The Hall–Kier alpha value is -1.49. The fourth-order valence-electron chi connectivity index (χ4n) is 1.44. The number of carbonyl (C=O) groups excluding carboxylic acids is 3. The summed E-state index contributed by atoms with van der Waals surface area (Å²) in [4.78, 5) is 33.6. The van der Waals surface area contributed by atoms with E-state index in [0.29, 0.717) is 12.0 Å². The highest BCUT2D eigenvalue weighted by Crippen LogP contribution is 2.06.